The average molecular weight is 464 g/mol. The van der Waals surface area contributed by atoms with Crippen LogP contribution >= 0.6 is 24.0 Å². The molecule has 0 spiro atoms. The topological polar surface area (TPSA) is 23.6 Å². The lowest BCUT2D eigenvalue weighted by atomic mass is 10.0. The highest BCUT2D eigenvalue weighted by Crippen LogP contribution is 2.24. The van der Waals surface area contributed by atoms with Crippen molar-refractivity contribution in [2.24, 2.45) is 0 Å². The summed E-state index contributed by atoms with van der Waals surface area (Å²) in [4.78, 5) is 17.1. The van der Waals surface area contributed by atoms with Crippen molar-refractivity contribution < 1.29 is 4.79 Å². The molecule has 140 valence electrons. The first-order chi connectivity index (χ1) is 12.3. The normalized spacial score (nSPS) is 15.3. The Labute approximate surface area is 174 Å². The first-order valence-electron chi connectivity index (χ1n) is 9.41. The third-order valence-electron chi connectivity index (χ3n) is 5.09. The molecule has 0 atom stereocenters. The Bertz CT molecular complexity index is 654. The van der Waals surface area contributed by atoms with E-state index < -0.39 is 0 Å². The number of hydrogen-bond donors (Lipinski definition) is 0. The number of carbonyl (C=O) groups excluding carboxylic acids is 1. The minimum atomic E-state index is 0. The molecule has 2 aromatic rings. The van der Waals surface area contributed by atoms with Crippen molar-refractivity contribution in [3.63, 3.8) is 0 Å². The van der Waals surface area contributed by atoms with Gasteiger partial charge in [-0.25, -0.2) is 0 Å². The van der Waals surface area contributed by atoms with Crippen LogP contribution in [0.3, 0.4) is 0 Å². The lowest BCUT2D eigenvalue weighted by Gasteiger charge is -2.38. The second-order valence-corrected chi connectivity index (χ2v) is 6.76. The first-order valence-corrected chi connectivity index (χ1v) is 9.41. The van der Waals surface area contributed by atoms with Gasteiger partial charge in [-0.15, -0.1) is 24.0 Å². The molecule has 1 aliphatic heterocycles. The van der Waals surface area contributed by atoms with Crippen molar-refractivity contribution in [3.05, 3.63) is 66.2 Å². The van der Waals surface area contributed by atoms with E-state index in [1.807, 2.05) is 30.0 Å². The van der Waals surface area contributed by atoms with Gasteiger partial charge in [0.2, 0.25) is 5.91 Å². The predicted molar refractivity (Wildman–Crippen MR) is 119 cm³/mol. The molecule has 1 fully saturated rings. The fourth-order valence-corrected chi connectivity index (χ4v) is 3.65. The summed E-state index contributed by atoms with van der Waals surface area (Å²) in [5.74, 6) is 0.230. The van der Waals surface area contributed by atoms with E-state index in [4.69, 9.17) is 0 Å². The van der Waals surface area contributed by atoms with Crippen molar-refractivity contribution in [3.8, 4) is 0 Å². The zero-order valence-corrected chi connectivity index (χ0v) is 17.8. The fourth-order valence-electron chi connectivity index (χ4n) is 3.65. The molecule has 3 nitrogen and oxygen atoms in total. The van der Waals surface area contributed by atoms with Crippen LogP contribution in [0.4, 0.5) is 5.69 Å². The van der Waals surface area contributed by atoms with Gasteiger partial charge in [0, 0.05) is 37.8 Å². The van der Waals surface area contributed by atoms with Gasteiger partial charge in [-0.1, -0.05) is 55.5 Å². The summed E-state index contributed by atoms with van der Waals surface area (Å²) in [6.07, 6.45) is 3.76. The van der Waals surface area contributed by atoms with Crippen molar-refractivity contribution in [1.82, 2.24) is 4.90 Å². The monoisotopic (exact) mass is 464 g/mol. The quantitative estimate of drug-likeness (QED) is 0.576. The van der Waals surface area contributed by atoms with Gasteiger partial charge in [-0.3, -0.25) is 4.79 Å². The van der Waals surface area contributed by atoms with Gasteiger partial charge in [0.05, 0.1) is 0 Å². The maximum Gasteiger partial charge on any atom is 0.226 e. The molecule has 0 saturated carbocycles. The minimum Gasteiger partial charge on any atom is -0.309 e. The van der Waals surface area contributed by atoms with Crippen LogP contribution in [0.15, 0.2) is 60.7 Å². The van der Waals surface area contributed by atoms with Crippen LogP contribution < -0.4 is 4.90 Å². The molecule has 26 heavy (non-hydrogen) atoms. The lowest BCUT2D eigenvalue weighted by Crippen LogP contribution is -2.47. The number of benzene rings is 2. The van der Waals surface area contributed by atoms with E-state index in [1.54, 1.807) is 0 Å². The molecule has 3 rings (SSSR count). The zero-order valence-electron chi connectivity index (χ0n) is 15.5. The average Bonchev–Trinajstić information content (AvgIpc) is 2.69. The van der Waals surface area contributed by atoms with Crippen LogP contribution in [-0.2, 0) is 11.2 Å². The number of rotatable bonds is 6. The van der Waals surface area contributed by atoms with E-state index in [0.29, 0.717) is 12.5 Å². The third kappa shape index (κ3) is 5.55. The number of hydrogen-bond acceptors (Lipinski definition) is 2. The molecule has 0 unspecified atom stereocenters. The molecule has 0 aromatic heterocycles. The van der Waals surface area contributed by atoms with Gasteiger partial charge >= 0.3 is 0 Å². The summed E-state index contributed by atoms with van der Waals surface area (Å²) < 4.78 is 0. The molecule has 1 heterocycles. The second-order valence-electron chi connectivity index (χ2n) is 6.76. The number of nitrogens with zero attached hydrogens (tertiary/aromatic N) is 2. The van der Waals surface area contributed by atoms with E-state index in [1.165, 1.54) is 5.56 Å². The number of halogens is 1. The molecule has 1 saturated heterocycles. The molecule has 0 aliphatic carbocycles. The van der Waals surface area contributed by atoms with Gasteiger partial charge in [-0.2, -0.15) is 0 Å². The van der Waals surface area contributed by atoms with Crippen LogP contribution in [0.1, 0.15) is 31.7 Å². The molecule has 1 aliphatic rings. The summed E-state index contributed by atoms with van der Waals surface area (Å²) in [5, 5.41) is 0. The summed E-state index contributed by atoms with van der Waals surface area (Å²) in [7, 11) is 0. The minimum absolute atomic E-state index is 0. The third-order valence-corrected chi connectivity index (χ3v) is 5.09. The van der Waals surface area contributed by atoms with Gasteiger partial charge < -0.3 is 9.80 Å². The largest absolute Gasteiger partial charge is 0.309 e. The Morgan fingerprint density at radius 2 is 1.58 bits per heavy atom. The van der Waals surface area contributed by atoms with Crippen LogP contribution in [0.25, 0.3) is 0 Å². The van der Waals surface area contributed by atoms with Gasteiger partial charge in [-0.05, 0) is 37.0 Å². The molecular weight excluding hydrogens is 435 g/mol. The van der Waals surface area contributed by atoms with Crippen molar-refractivity contribution in [1.29, 1.82) is 0 Å². The number of anilines is 1. The molecule has 1 amide bonds. The summed E-state index contributed by atoms with van der Waals surface area (Å²) in [5.41, 5.74) is 2.44. The summed E-state index contributed by atoms with van der Waals surface area (Å²) in [6.45, 7) is 5.19. The highest BCUT2D eigenvalue weighted by molar-refractivity contribution is 14.0. The lowest BCUT2D eigenvalue weighted by molar-refractivity contribution is -0.119. The van der Waals surface area contributed by atoms with E-state index in [2.05, 4.69) is 47.4 Å². The molecule has 0 bridgehead atoms. The molecule has 0 N–H and O–H groups in total. The van der Waals surface area contributed by atoms with E-state index in [9.17, 15) is 4.79 Å². The van der Waals surface area contributed by atoms with Crippen LogP contribution in [0.2, 0.25) is 0 Å². The number of para-hydroxylation sites is 1. The fraction of sp³-hybridized carbons (Fsp3) is 0.409. The molecule has 4 heteroatoms. The van der Waals surface area contributed by atoms with Crippen LogP contribution in [-0.4, -0.2) is 36.5 Å². The Morgan fingerprint density at radius 1 is 1.00 bits per heavy atom. The predicted octanol–water partition coefficient (Wildman–Crippen LogP) is 4.75. The molecular formula is C22H29IN2O. The molecule has 0 radical (unpaired) electrons. The number of carbonyl (C=O) groups is 1. The Hall–Kier alpha value is -1.40. The van der Waals surface area contributed by atoms with Crippen molar-refractivity contribution in [2.45, 2.75) is 38.6 Å². The van der Waals surface area contributed by atoms with Gasteiger partial charge in [0.25, 0.3) is 0 Å². The summed E-state index contributed by atoms with van der Waals surface area (Å²) >= 11 is 0. The van der Waals surface area contributed by atoms with Crippen LogP contribution in [0, 0.1) is 0 Å². The first kappa shape index (κ1) is 20.9. The maximum atomic E-state index is 12.5. The summed E-state index contributed by atoms with van der Waals surface area (Å²) in [6, 6.07) is 21.1. The Kier molecular flexibility index (Phi) is 8.59. The smallest absolute Gasteiger partial charge is 0.226 e. The highest BCUT2D eigenvalue weighted by Gasteiger charge is 2.28. The van der Waals surface area contributed by atoms with Gasteiger partial charge in [0.1, 0.15) is 0 Å². The van der Waals surface area contributed by atoms with E-state index in [-0.39, 0.29) is 29.9 Å². The molecule has 2 aromatic carbocycles. The number of amides is 1. The van der Waals surface area contributed by atoms with Crippen molar-refractivity contribution >= 4 is 35.6 Å². The van der Waals surface area contributed by atoms with E-state index >= 15 is 0 Å². The Balaban J connectivity index is 0.00000243. The number of piperidine rings is 1. The van der Waals surface area contributed by atoms with Gasteiger partial charge in [0.15, 0.2) is 0 Å². The zero-order chi connectivity index (χ0) is 17.5. The number of likely N-dealkylation sites (tertiary alicyclic amines) is 1. The standard InChI is InChI=1S/C22H28N2O.HI/c1-2-22(25)24(20-11-7-4-8-12-20)21-14-17-23(18-15-21)16-13-19-9-5-3-6-10-19;/h3-12,21H,2,13-18H2,1H3;1H. The SMILES string of the molecule is CCC(=O)N(c1ccccc1)C1CCN(CCc2ccccc2)CC1.I. The van der Waals surface area contributed by atoms with Crippen molar-refractivity contribution in [2.75, 3.05) is 24.5 Å². The maximum absolute atomic E-state index is 12.5. The van der Waals surface area contributed by atoms with Crippen LogP contribution in [0.5, 0.6) is 0 Å². The van der Waals surface area contributed by atoms with E-state index in [0.717, 1.165) is 44.6 Å². The second kappa shape index (κ2) is 10.7. The highest BCUT2D eigenvalue weighted by atomic mass is 127. The Morgan fingerprint density at radius 3 is 2.15 bits per heavy atom.